The van der Waals surface area contributed by atoms with Crippen LogP contribution in [0, 0.1) is 0 Å². The zero-order chi connectivity index (χ0) is 25.5. The van der Waals surface area contributed by atoms with Crippen LogP contribution < -0.4 is 11.2 Å². The zero-order valence-electron chi connectivity index (χ0n) is 20.0. The summed E-state index contributed by atoms with van der Waals surface area (Å²) in [4.78, 5) is 60.3. The summed E-state index contributed by atoms with van der Waals surface area (Å²) in [6.45, 7) is 2.94. The van der Waals surface area contributed by atoms with Gasteiger partial charge in [0.25, 0.3) is 5.56 Å². The third-order valence-corrected chi connectivity index (χ3v) is 6.74. The summed E-state index contributed by atoms with van der Waals surface area (Å²) in [5.41, 5.74) is 1.68. The Morgan fingerprint density at radius 1 is 1.08 bits per heavy atom. The van der Waals surface area contributed by atoms with E-state index < -0.39 is 11.2 Å². The highest BCUT2D eigenvalue weighted by Gasteiger charge is 2.26. The number of amides is 1. The van der Waals surface area contributed by atoms with E-state index >= 15 is 0 Å². The number of carbonyl (C=O) groups is 1. The highest BCUT2D eigenvalue weighted by molar-refractivity contribution is 6.01. The van der Waals surface area contributed by atoms with Crippen molar-refractivity contribution in [3.8, 4) is 17.2 Å². The van der Waals surface area contributed by atoms with Crippen LogP contribution in [0.1, 0.15) is 32.2 Å². The quantitative estimate of drug-likeness (QED) is 0.370. The van der Waals surface area contributed by atoms with Crippen molar-refractivity contribution in [2.45, 2.75) is 32.2 Å². The Morgan fingerprint density at radius 3 is 2.57 bits per heavy atom. The number of likely N-dealkylation sites (tertiary alicyclic amines) is 1. The van der Waals surface area contributed by atoms with Crippen LogP contribution in [0.15, 0.2) is 58.8 Å². The summed E-state index contributed by atoms with van der Waals surface area (Å²) >= 11 is 0. The molecule has 0 bridgehead atoms. The zero-order valence-corrected chi connectivity index (χ0v) is 20.0. The summed E-state index contributed by atoms with van der Waals surface area (Å²) in [7, 11) is 0. The number of hydrogen-bond donors (Lipinski definition) is 1. The van der Waals surface area contributed by atoms with Crippen molar-refractivity contribution in [2.24, 2.45) is 0 Å². The molecule has 0 unspecified atom stereocenters. The molecule has 1 amide bonds. The molecule has 6 rings (SSSR count). The van der Waals surface area contributed by atoms with Crippen LogP contribution in [0.3, 0.4) is 0 Å². The van der Waals surface area contributed by atoms with Gasteiger partial charge in [0.15, 0.2) is 0 Å². The van der Waals surface area contributed by atoms with E-state index in [4.69, 9.17) is 4.98 Å². The first-order valence-electron chi connectivity index (χ1n) is 12.1. The Morgan fingerprint density at radius 2 is 1.86 bits per heavy atom. The summed E-state index contributed by atoms with van der Waals surface area (Å²) in [6.07, 6.45) is 9.81. The number of fused-ring (bicyclic) bond motifs is 3. The number of nitrogens with zero attached hydrogens (tertiary/aromatic N) is 8. The summed E-state index contributed by atoms with van der Waals surface area (Å²) in [6, 6.07) is 5.20. The second-order valence-electron chi connectivity index (χ2n) is 8.90. The molecule has 12 nitrogen and oxygen atoms in total. The first-order chi connectivity index (χ1) is 18.0. The first kappa shape index (κ1) is 22.7. The van der Waals surface area contributed by atoms with E-state index in [9.17, 15) is 14.4 Å². The van der Waals surface area contributed by atoms with Crippen molar-refractivity contribution >= 4 is 27.8 Å². The minimum Gasteiger partial charge on any atom is -0.343 e. The number of aromatic amines is 1. The van der Waals surface area contributed by atoms with Gasteiger partial charge < -0.3 is 4.90 Å². The smallest absolute Gasteiger partial charge is 0.329 e. The molecule has 5 aromatic rings. The second-order valence-corrected chi connectivity index (χ2v) is 8.90. The van der Waals surface area contributed by atoms with Gasteiger partial charge >= 0.3 is 5.69 Å². The molecule has 12 heteroatoms. The molecule has 1 fully saturated rings. The Labute approximate surface area is 209 Å². The number of H-pyrrole nitrogens is 1. The van der Waals surface area contributed by atoms with E-state index in [1.165, 1.54) is 6.20 Å². The van der Waals surface area contributed by atoms with Crippen LogP contribution >= 0.6 is 0 Å². The fraction of sp³-hybridized carbons (Fsp3) is 0.280. The average molecular weight is 498 g/mol. The van der Waals surface area contributed by atoms with Crippen molar-refractivity contribution in [2.75, 3.05) is 13.1 Å². The molecule has 6 heterocycles. The molecule has 1 aliphatic heterocycles. The lowest BCUT2D eigenvalue weighted by Gasteiger charge is -2.33. The molecule has 5 aromatic heterocycles. The predicted octanol–water partition coefficient (Wildman–Crippen LogP) is 1.85. The van der Waals surface area contributed by atoms with Gasteiger partial charge in [0.1, 0.15) is 5.52 Å². The van der Waals surface area contributed by atoms with Crippen molar-refractivity contribution in [3.63, 3.8) is 0 Å². The van der Waals surface area contributed by atoms with E-state index in [1.807, 2.05) is 11.8 Å². The van der Waals surface area contributed by atoms with E-state index in [0.29, 0.717) is 66.1 Å². The lowest BCUT2D eigenvalue weighted by molar-refractivity contribution is -0.132. The molecule has 0 radical (unpaired) electrons. The van der Waals surface area contributed by atoms with Gasteiger partial charge in [-0.15, -0.1) is 0 Å². The fourth-order valence-electron chi connectivity index (χ4n) is 4.85. The average Bonchev–Trinajstić information content (AvgIpc) is 3.48. The van der Waals surface area contributed by atoms with Crippen LogP contribution in [0.25, 0.3) is 39.1 Å². The molecule has 186 valence electrons. The van der Waals surface area contributed by atoms with Crippen LogP contribution in [0.4, 0.5) is 0 Å². The third kappa shape index (κ3) is 3.96. The van der Waals surface area contributed by atoms with Crippen molar-refractivity contribution in [1.29, 1.82) is 0 Å². The minimum atomic E-state index is -0.511. The monoisotopic (exact) mass is 497 g/mol. The maximum absolute atomic E-state index is 13.1. The molecule has 1 aliphatic rings. The highest BCUT2D eigenvalue weighted by atomic mass is 16.2. The topological polar surface area (TPSA) is 145 Å². The van der Waals surface area contributed by atoms with Gasteiger partial charge in [-0.3, -0.25) is 24.1 Å². The number of rotatable bonds is 4. The molecule has 0 saturated carbocycles. The molecule has 0 aromatic carbocycles. The SMILES string of the molecule is CCC(=O)N1CCC(n2c(=O)[nH]c(=O)c3cnc4ccc(-c5cnc(-n6cccn6)nc5)nc4c32)CC1. The Bertz CT molecular complexity index is 1730. The normalized spacial score (nSPS) is 14.5. The highest BCUT2D eigenvalue weighted by Crippen LogP contribution is 2.28. The molecule has 1 saturated heterocycles. The molecule has 0 aliphatic carbocycles. The Balaban J connectivity index is 1.47. The number of hydrogen-bond acceptors (Lipinski definition) is 8. The van der Waals surface area contributed by atoms with Gasteiger partial charge in [-0.25, -0.2) is 24.4 Å². The van der Waals surface area contributed by atoms with Gasteiger partial charge in [-0.2, -0.15) is 5.10 Å². The number of piperidine rings is 1. The lowest BCUT2D eigenvalue weighted by atomic mass is 10.0. The van der Waals surface area contributed by atoms with Gasteiger partial charge in [0, 0.05) is 62.1 Å². The van der Waals surface area contributed by atoms with Crippen LogP contribution in [0.2, 0.25) is 0 Å². The van der Waals surface area contributed by atoms with Gasteiger partial charge in [0.2, 0.25) is 11.9 Å². The fourth-order valence-corrected chi connectivity index (χ4v) is 4.85. The van der Waals surface area contributed by atoms with Crippen molar-refractivity contribution in [1.82, 2.24) is 44.2 Å². The van der Waals surface area contributed by atoms with E-state index in [2.05, 4.69) is 25.0 Å². The number of nitrogens with one attached hydrogen (secondary N) is 1. The number of carbonyl (C=O) groups excluding carboxylic acids is 1. The Hall–Kier alpha value is -4.74. The lowest BCUT2D eigenvalue weighted by Crippen LogP contribution is -2.42. The second kappa shape index (κ2) is 9.04. The number of aromatic nitrogens is 8. The van der Waals surface area contributed by atoms with Crippen LogP contribution in [-0.2, 0) is 4.79 Å². The first-order valence-corrected chi connectivity index (χ1v) is 12.1. The predicted molar refractivity (Wildman–Crippen MR) is 135 cm³/mol. The van der Waals surface area contributed by atoms with Gasteiger partial charge in [-0.1, -0.05) is 6.92 Å². The summed E-state index contributed by atoms with van der Waals surface area (Å²) < 4.78 is 3.17. The molecular weight excluding hydrogens is 474 g/mol. The van der Waals surface area contributed by atoms with E-state index in [1.54, 1.807) is 52.2 Å². The molecule has 0 spiro atoms. The summed E-state index contributed by atoms with van der Waals surface area (Å²) in [5.74, 6) is 0.522. The standard InChI is InChI=1S/C25H23N9O3/c1-2-20(35)32-10-6-16(7-11-32)34-22-17(23(36)31-25(34)37)14-26-19-5-4-18(30-21(19)22)15-12-27-24(28-13-15)33-9-3-8-29-33/h3-5,8-9,12-14,16H,2,6-7,10-11H2,1H3,(H,31,36,37). The number of pyridine rings is 2. The van der Waals surface area contributed by atoms with Crippen LogP contribution in [-0.4, -0.2) is 63.2 Å². The Kier molecular flexibility index (Phi) is 5.55. The van der Waals surface area contributed by atoms with E-state index in [-0.39, 0.29) is 17.3 Å². The van der Waals surface area contributed by atoms with Crippen molar-refractivity contribution < 1.29 is 4.79 Å². The maximum atomic E-state index is 13.1. The van der Waals surface area contributed by atoms with Crippen LogP contribution in [0.5, 0.6) is 0 Å². The largest absolute Gasteiger partial charge is 0.343 e. The third-order valence-electron chi connectivity index (χ3n) is 6.74. The molecule has 1 N–H and O–H groups in total. The van der Waals surface area contributed by atoms with Crippen molar-refractivity contribution in [3.05, 3.63) is 70.0 Å². The minimum absolute atomic E-state index is 0.0962. The van der Waals surface area contributed by atoms with Gasteiger partial charge in [0.05, 0.1) is 22.1 Å². The summed E-state index contributed by atoms with van der Waals surface area (Å²) in [5, 5.41) is 4.42. The molecular formula is C25H23N9O3. The maximum Gasteiger partial charge on any atom is 0.329 e. The van der Waals surface area contributed by atoms with E-state index in [0.717, 1.165) is 0 Å². The molecule has 37 heavy (non-hydrogen) atoms. The molecule has 0 atom stereocenters. The van der Waals surface area contributed by atoms with Gasteiger partial charge in [-0.05, 0) is 31.0 Å².